The van der Waals surface area contributed by atoms with E-state index in [0.29, 0.717) is 22.2 Å². The molecule has 3 nitrogen and oxygen atoms in total. The molecule has 0 aromatic heterocycles. The summed E-state index contributed by atoms with van der Waals surface area (Å²) in [5.41, 5.74) is 6.55. The quantitative estimate of drug-likeness (QED) is 0.812. The van der Waals surface area contributed by atoms with Gasteiger partial charge in [-0.25, -0.2) is 0 Å². The van der Waals surface area contributed by atoms with Crippen molar-refractivity contribution in [1.29, 1.82) is 0 Å². The molecule has 0 saturated carbocycles. The zero-order valence-electron chi connectivity index (χ0n) is 10.5. The lowest BCUT2D eigenvalue weighted by Gasteiger charge is -2.21. The Hall–Kier alpha value is -1.22. The van der Waals surface area contributed by atoms with Gasteiger partial charge in [0.15, 0.2) is 0 Å². The fourth-order valence-corrected chi connectivity index (χ4v) is 2.03. The van der Waals surface area contributed by atoms with Gasteiger partial charge in [0.05, 0.1) is 10.6 Å². The minimum atomic E-state index is -0.200. The zero-order valence-corrected chi connectivity index (χ0v) is 11.2. The van der Waals surface area contributed by atoms with E-state index in [1.807, 2.05) is 6.92 Å². The first-order valence-corrected chi connectivity index (χ1v) is 6.20. The molecule has 0 bridgehead atoms. The van der Waals surface area contributed by atoms with Crippen LogP contribution in [0.1, 0.15) is 37.6 Å². The highest BCUT2D eigenvalue weighted by atomic mass is 35.5. The summed E-state index contributed by atoms with van der Waals surface area (Å²) in [5.74, 6) is 0.182. The second kappa shape index (κ2) is 5.92. The molecule has 0 aliphatic rings. The molecule has 1 unspecified atom stereocenters. The van der Waals surface area contributed by atoms with E-state index in [-0.39, 0.29) is 11.9 Å². The zero-order chi connectivity index (χ0) is 13.0. The molecule has 4 heteroatoms. The van der Waals surface area contributed by atoms with Crippen molar-refractivity contribution in [3.8, 4) is 0 Å². The topological polar surface area (TPSA) is 55.1 Å². The number of benzene rings is 1. The lowest BCUT2D eigenvalue weighted by atomic mass is 10.0. The average Bonchev–Trinajstić information content (AvgIpc) is 2.25. The molecule has 0 saturated heterocycles. The summed E-state index contributed by atoms with van der Waals surface area (Å²) in [6, 6.07) is 5.22. The molecule has 1 aromatic rings. The highest BCUT2D eigenvalue weighted by molar-refractivity contribution is 6.34. The van der Waals surface area contributed by atoms with Gasteiger partial charge in [0.2, 0.25) is 0 Å². The Kier molecular flexibility index (Phi) is 4.82. The van der Waals surface area contributed by atoms with Crippen LogP contribution in [-0.4, -0.2) is 11.9 Å². The number of hydrogen-bond donors (Lipinski definition) is 2. The number of anilines is 1. The lowest BCUT2D eigenvalue weighted by Crippen LogP contribution is -2.38. The Balaban J connectivity index is 2.90. The Bertz CT molecular complexity index is 384. The molecule has 0 aliphatic heterocycles. The number of nitrogen functional groups attached to an aromatic ring is 1. The highest BCUT2D eigenvalue weighted by Crippen LogP contribution is 2.22. The van der Waals surface area contributed by atoms with E-state index in [2.05, 4.69) is 19.2 Å². The maximum Gasteiger partial charge on any atom is 0.255 e. The summed E-state index contributed by atoms with van der Waals surface area (Å²) in [7, 11) is 0. The Labute approximate surface area is 107 Å². The summed E-state index contributed by atoms with van der Waals surface area (Å²) in [5, 5.41) is 3.35. The molecular formula is C13H19ClN2O. The number of carbonyl (C=O) groups excluding carboxylic acids is 1. The number of hydrogen-bond acceptors (Lipinski definition) is 2. The summed E-state index contributed by atoms with van der Waals surface area (Å²) in [6.45, 7) is 6.19. The van der Waals surface area contributed by atoms with E-state index in [4.69, 9.17) is 17.3 Å². The van der Waals surface area contributed by atoms with Crippen LogP contribution in [0.25, 0.3) is 0 Å². The van der Waals surface area contributed by atoms with Crippen LogP contribution in [0.3, 0.4) is 0 Å². The van der Waals surface area contributed by atoms with Crippen LogP contribution >= 0.6 is 11.6 Å². The Morgan fingerprint density at radius 2 is 2.12 bits per heavy atom. The maximum absolute atomic E-state index is 12.1. The minimum Gasteiger partial charge on any atom is -0.398 e. The summed E-state index contributed by atoms with van der Waals surface area (Å²) in [4.78, 5) is 12.1. The molecule has 0 aliphatic carbocycles. The molecule has 3 N–H and O–H groups in total. The van der Waals surface area contributed by atoms with Gasteiger partial charge >= 0.3 is 0 Å². The molecule has 0 fully saturated rings. The summed E-state index contributed by atoms with van der Waals surface area (Å²) < 4.78 is 0. The molecule has 1 amide bonds. The second-order valence-corrected chi connectivity index (χ2v) is 4.84. The molecule has 94 valence electrons. The standard InChI is InChI=1S/C13H19ClN2O/c1-4-11(8(2)3)16-13(17)12-9(14)6-5-7-10(12)15/h5-8,11H,4,15H2,1-3H3,(H,16,17). The first-order valence-electron chi connectivity index (χ1n) is 5.82. The molecule has 0 radical (unpaired) electrons. The number of amides is 1. The van der Waals surface area contributed by atoms with Gasteiger partial charge < -0.3 is 11.1 Å². The van der Waals surface area contributed by atoms with E-state index in [1.54, 1.807) is 18.2 Å². The van der Waals surface area contributed by atoms with Crippen molar-refractivity contribution >= 4 is 23.2 Å². The molecule has 1 rings (SSSR count). The molecule has 0 heterocycles. The Morgan fingerprint density at radius 3 is 2.59 bits per heavy atom. The van der Waals surface area contributed by atoms with Gasteiger partial charge in [0, 0.05) is 11.7 Å². The van der Waals surface area contributed by atoms with Crippen molar-refractivity contribution in [3.05, 3.63) is 28.8 Å². The van der Waals surface area contributed by atoms with Crippen molar-refractivity contribution in [1.82, 2.24) is 5.32 Å². The van der Waals surface area contributed by atoms with Crippen LogP contribution in [0, 0.1) is 5.92 Å². The number of halogens is 1. The molecule has 1 atom stereocenters. The van der Waals surface area contributed by atoms with E-state index < -0.39 is 0 Å². The average molecular weight is 255 g/mol. The van der Waals surface area contributed by atoms with E-state index in [9.17, 15) is 4.79 Å². The number of rotatable bonds is 4. The predicted octanol–water partition coefficient (Wildman–Crippen LogP) is 3.09. The van der Waals surface area contributed by atoms with Crippen LogP contribution in [0.5, 0.6) is 0 Å². The number of carbonyl (C=O) groups is 1. The summed E-state index contributed by atoms with van der Waals surface area (Å²) >= 11 is 5.99. The van der Waals surface area contributed by atoms with Gasteiger partial charge in [-0.3, -0.25) is 4.79 Å². The van der Waals surface area contributed by atoms with Crippen LogP contribution in [0.2, 0.25) is 5.02 Å². The van der Waals surface area contributed by atoms with Crippen molar-refractivity contribution < 1.29 is 4.79 Å². The third kappa shape index (κ3) is 3.37. The van der Waals surface area contributed by atoms with Gasteiger partial charge in [0.1, 0.15) is 0 Å². The minimum absolute atomic E-state index is 0.137. The fourth-order valence-electron chi connectivity index (χ4n) is 1.76. The van der Waals surface area contributed by atoms with Gasteiger partial charge in [-0.1, -0.05) is 38.4 Å². The fraction of sp³-hybridized carbons (Fsp3) is 0.462. The van der Waals surface area contributed by atoms with Gasteiger partial charge in [-0.2, -0.15) is 0 Å². The number of nitrogens with one attached hydrogen (secondary N) is 1. The monoisotopic (exact) mass is 254 g/mol. The SMILES string of the molecule is CCC(NC(=O)c1c(N)cccc1Cl)C(C)C. The first-order chi connectivity index (χ1) is 7.97. The Morgan fingerprint density at radius 1 is 1.47 bits per heavy atom. The van der Waals surface area contributed by atoms with E-state index in [1.165, 1.54) is 0 Å². The maximum atomic E-state index is 12.1. The lowest BCUT2D eigenvalue weighted by molar-refractivity contribution is 0.0925. The third-order valence-electron chi connectivity index (χ3n) is 2.83. The van der Waals surface area contributed by atoms with E-state index >= 15 is 0 Å². The van der Waals surface area contributed by atoms with Crippen LogP contribution in [0.15, 0.2) is 18.2 Å². The molecule has 1 aromatic carbocycles. The van der Waals surface area contributed by atoms with Crippen LogP contribution < -0.4 is 11.1 Å². The second-order valence-electron chi connectivity index (χ2n) is 4.44. The van der Waals surface area contributed by atoms with Crippen molar-refractivity contribution in [2.24, 2.45) is 5.92 Å². The van der Waals surface area contributed by atoms with Crippen molar-refractivity contribution in [2.75, 3.05) is 5.73 Å². The van der Waals surface area contributed by atoms with Gasteiger partial charge in [0.25, 0.3) is 5.91 Å². The van der Waals surface area contributed by atoms with Crippen LogP contribution in [-0.2, 0) is 0 Å². The smallest absolute Gasteiger partial charge is 0.255 e. The van der Waals surface area contributed by atoms with Crippen LogP contribution in [0.4, 0.5) is 5.69 Å². The molecule has 17 heavy (non-hydrogen) atoms. The van der Waals surface area contributed by atoms with Gasteiger partial charge in [-0.15, -0.1) is 0 Å². The van der Waals surface area contributed by atoms with Gasteiger partial charge in [-0.05, 0) is 24.5 Å². The van der Waals surface area contributed by atoms with Crippen molar-refractivity contribution in [2.45, 2.75) is 33.2 Å². The molecular weight excluding hydrogens is 236 g/mol. The number of nitrogens with two attached hydrogens (primary N) is 1. The first kappa shape index (κ1) is 13.8. The highest BCUT2D eigenvalue weighted by Gasteiger charge is 2.18. The van der Waals surface area contributed by atoms with E-state index in [0.717, 1.165) is 6.42 Å². The predicted molar refractivity (Wildman–Crippen MR) is 72.2 cm³/mol. The summed E-state index contributed by atoms with van der Waals surface area (Å²) in [6.07, 6.45) is 0.883. The normalized spacial score (nSPS) is 12.5. The largest absolute Gasteiger partial charge is 0.398 e. The third-order valence-corrected chi connectivity index (χ3v) is 3.15. The van der Waals surface area contributed by atoms with Crippen molar-refractivity contribution in [3.63, 3.8) is 0 Å². The molecule has 0 spiro atoms.